The highest BCUT2D eigenvalue weighted by molar-refractivity contribution is 5.75. The lowest BCUT2D eigenvalue weighted by Gasteiger charge is -2.17. The van der Waals surface area contributed by atoms with E-state index in [1.54, 1.807) is 0 Å². The van der Waals surface area contributed by atoms with E-state index >= 15 is 0 Å². The molecular formula is C16H19N3. The van der Waals surface area contributed by atoms with E-state index in [1.807, 2.05) is 20.0 Å². The summed E-state index contributed by atoms with van der Waals surface area (Å²) in [5.74, 6) is 0. The summed E-state index contributed by atoms with van der Waals surface area (Å²) in [4.78, 5) is 7.16. The maximum atomic E-state index is 4.77. The zero-order chi connectivity index (χ0) is 13.6. The molecule has 2 aliphatic rings. The Morgan fingerprint density at radius 3 is 2.79 bits per heavy atom. The summed E-state index contributed by atoms with van der Waals surface area (Å²) in [5.41, 5.74) is 5.45. The second-order valence-corrected chi connectivity index (χ2v) is 5.14. The molecule has 1 fully saturated rings. The number of aromatic nitrogens is 1. The van der Waals surface area contributed by atoms with Gasteiger partial charge in [0.05, 0.1) is 29.2 Å². The molecule has 0 aliphatic carbocycles. The molecule has 19 heavy (non-hydrogen) atoms. The molecule has 0 aromatic carbocycles. The molecule has 3 rings (SSSR count). The Hall–Kier alpha value is -2.03. The molecule has 2 unspecified atom stereocenters. The van der Waals surface area contributed by atoms with Gasteiger partial charge < -0.3 is 10.2 Å². The fourth-order valence-electron chi connectivity index (χ4n) is 2.55. The van der Waals surface area contributed by atoms with Crippen molar-refractivity contribution in [3.05, 3.63) is 47.4 Å². The summed E-state index contributed by atoms with van der Waals surface area (Å²) in [7, 11) is 1.92. The van der Waals surface area contributed by atoms with Crippen LogP contribution in [0.3, 0.4) is 0 Å². The monoisotopic (exact) mass is 253 g/mol. The van der Waals surface area contributed by atoms with E-state index in [1.165, 1.54) is 5.70 Å². The van der Waals surface area contributed by atoms with Gasteiger partial charge in [-0.2, -0.15) is 0 Å². The first-order valence-electron chi connectivity index (χ1n) is 6.65. The number of rotatable bonds is 4. The van der Waals surface area contributed by atoms with E-state index in [-0.39, 0.29) is 0 Å². The number of nitrogens with zero attached hydrogens (tertiary/aromatic N) is 2. The van der Waals surface area contributed by atoms with Crippen molar-refractivity contribution in [1.29, 1.82) is 0 Å². The Labute approximate surface area is 114 Å². The fourth-order valence-corrected chi connectivity index (χ4v) is 2.55. The number of hydrogen-bond donors (Lipinski definition) is 1. The van der Waals surface area contributed by atoms with Gasteiger partial charge in [0.25, 0.3) is 0 Å². The van der Waals surface area contributed by atoms with Crippen LogP contribution < -0.4 is 5.32 Å². The zero-order valence-corrected chi connectivity index (χ0v) is 11.6. The van der Waals surface area contributed by atoms with Gasteiger partial charge in [0.1, 0.15) is 0 Å². The average Bonchev–Trinajstić information content (AvgIpc) is 2.89. The van der Waals surface area contributed by atoms with Crippen LogP contribution in [0.15, 0.2) is 30.5 Å². The first-order valence-corrected chi connectivity index (χ1v) is 6.65. The van der Waals surface area contributed by atoms with E-state index in [2.05, 4.69) is 48.0 Å². The lowest BCUT2D eigenvalue weighted by Crippen LogP contribution is -2.12. The molecule has 3 nitrogen and oxygen atoms in total. The van der Waals surface area contributed by atoms with E-state index in [4.69, 9.17) is 4.98 Å². The minimum Gasteiger partial charge on any atom is -0.392 e. The van der Waals surface area contributed by atoms with Gasteiger partial charge in [-0.05, 0) is 37.6 Å². The van der Waals surface area contributed by atoms with Gasteiger partial charge in [-0.1, -0.05) is 18.7 Å². The lowest BCUT2D eigenvalue weighted by atomic mass is 10.1. The van der Waals surface area contributed by atoms with E-state index in [9.17, 15) is 0 Å². The number of hydrogen-bond acceptors (Lipinski definition) is 3. The Morgan fingerprint density at radius 2 is 2.26 bits per heavy atom. The molecule has 3 heteroatoms. The third-order valence-corrected chi connectivity index (χ3v) is 3.96. The number of nitrogens with one attached hydrogen (secondary N) is 1. The number of fused-ring (bicyclic) bond motifs is 1. The van der Waals surface area contributed by atoms with Gasteiger partial charge in [-0.25, -0.2) is 4.98 Å². The number of allylic oxidation sites excluding steroid dienone is 1. The Balaban J connectivity index is 1.96. The highest BCUT2D eigenvalue weighted by Gasteiger charge is 2.51. The summed E-state index contributed by atoms with van der Waals surface area (Å²) in [6.07, 6.45) is 6.21. The molecule has 1 N–H and O–H groups in total. The minimum absolute atomic E-state index is 0.661. The molecule has 0 amide bonds. The van der Waals surface area contributed by atoms with Crippen molar-refractivity contribution in [3.8, 4) is 0 Å². The molecular weight excluding hydrogens is 234 g/mol. The summed E-state index contributed by atoms with van der Waals surface area (Å²) >= 11 is 0. The van der Waals surface area contributed by atoms with Gasteiger partial charge in [0, 0.05) is 12.7 Å². The molecule has 1 aromatic heterocycles. The smallest absolute Gasteiger partial charge is 0.0868 e. The first kappa shape index (κ1) is 12.0. The quantitative estimate of drug-likeness (QED) is 0.836. The zero-order valence-electron chi connectivity index (χ0n) is 11.6. The van der Waals surface area contributed by atoms with Gasteiger partial charge in [0.15, 0.2) is 0 Å². The summed E-state index contributed by atoms with van der Waals surface area (Å²) in [6.45, 7) is 8.14. The second-order valence-electron chi connectivity index (χ2n) is 5.14. The SMILES string of the molecule is C=Cc1ccc(C2=CC3C(C)N23)nc1/C=C(\C)NC. The van der Waals surface area contributed by atoms with Crippen molar-refractivity contribution in [1.82, 2.24) is 15.2 Å². The predicted octanol–water partition coefficient (Wildman–Crippen LogP) is 2.73. The van der Waals surface area contributed by atoms with Crippen molar-refractivity contribution in [2.45, 2.75) is 25.9 Å². The van der Waals surface area contributed by atoms with Gasteiger partial charge >= 0.3 is 0 Å². The molecule has 0 radical (unpaired) electrons. The average molecular weight is 253 g/mol. The van der Waals surface area contributed by atoms with Crippen molar-refractivity contribution in [2.24, 2.45) is 0 Å². The van der Waals surface area contributed by atoms with Gasteiger partial charge in [0.2, 0.25) is 0 Å². The predicted molar refractivity (Wildman–Crippen MR) is 80.1 cm³/mol. The highest BCUT2D eigenvalue weighted by atomic mass is 15.4. The molecule has 3 heterocycles. The number of pyridine rings is 1. The largest absolute Gasteiger partial charge is 0.392 e. The summed E-state index contributed by atoms with van der Waals surface area (Å²) < 4.78 is 0. The topological polar surface area (TPSA) is 27.9 Å². The van der Waals surface area contributed by atoms with Crippen LogP contribution in [0.25, 0.3) is 17.8 Å². The van der Waals surface area contributed by atoms with Crippen LogP contribution in [0.5, 0.6) is 0 Å². The van der Waals surface area contributed by atoms with Crippen LogP contribution in [0.4, 0.5) is 0 Å². The van der Waals surface area contributed by atoms with Crippen LogP contribution >= 0.6 is 0 Å². The van der Waals surface area contributed by atoms with Gasteiger partial charge in [-0.3, -0.25) is 0 Å². The summed E-state index contributed by atoms with van der Waals surface area (Å²) in [5, 5.41) is 3.13. The lowest BCUT2D eigenvalue weighted by molar-refractivity contribution is 0.669. The van der Waals surface area contributed by atoms with Crippen molar-refractivity contribution in [2.75, 3.05) is 7.05 Å². The van der Waals surface area contributed by atoms with Crippen LogP contribution in [0, 0.1) is 0 Å². The van der Waals surface area contributed by atoms with Crippen LogP contribution in [0.1, 0.15) is 30.8 Å². The first-order chi connectivity index (χ1) is 9.15. The normalized spacial score (nSPS) is 24.3. The Kier molecular flexibility index (Phi) is 2.70. The van der Waals surface area contributed by atoms with Crippen LogP contribution in [0.2, 0.25) is 0 Å². The third-order valence-electron chi connectivity index (χ3n) is 3.96. The standard InChI is InChI=1S/C16H19N3/c1-5-12-6-7-13(16-9-15-11(3)19(15)16)18-14(12)8-10(2)17-4/h5-9,11,15,17H,1H2,2-4H3/b10-8+. The highest BCUT2D eigenvalue weighted by Crippen LogP contribution is 2.47. The second kappa shape index (κ2) is 4.26. The van der Waals surface area contributed by atoms with Crippen molar-refractivity contribution < 1.29 is 0 Å². The van der Waals surface area contributed by atoms with Crippen LogP contribution in [-0.4, -0.2) is 29.0 Å². The maximum absolute atomic E-state index is 4.77. The summed E-state index contributed by atoms with van der Waals surface area (Å²) in [6, 6.07) is 5.49. The van der Waals surface area contributed by atoms with Crippen molar-refractivity contribution in [3.63, 3.8) is 0 Å². The minimum atomic E-state index is 0.661. The third kappa shape index (κ3) is 1.86. The Bertz CT molecular complexity index is 598. The van der Waals surface area contributed by atoms with Crippen molar-refractivity contribution >= 4 is 17.8 Å². The molecule has 0 bridgehead atoms. The molecule has 1 aromatic rings. The molecule has 0 saturated carbocycles. The van der Waals surface area contributed by atoms with Gasteiger partial charge in [-0.15, -0.1) is 0 Å². The van der Waals surface area contributed by atoms with Crippen LogP contribution in [-0.2, 0) is 0 Å². The molecule has 2 atom stereocenters. The van der Waals surface area contributed by atoms with E-state index < -0.39 is 0 Å². The molecule has 2 aliphatic heterocycles. The molecule has 0 spiro atoms. The fraction of sp³-hybridized carbons (Fsp3) is 0.312. The Morgan fingerprint density at radius 1 is 1.47 bits per heavy atom. The molecule has 98 valence electrons. The van der Waals surface area contributed by atoms with E-state index in [0.29, 0.717) is 12.1 Å². The molecule has 1 saturated heterocycles. The van der Waals surface area contributed by atoms with E-state index in [0.717, 1.165) is 22.6 Å². The maximum Gasteiger partial charge on any atom is 0.0868 e.